The third kappa shape index (κ3) is 1.06. The number of carbonyl (C=O) groups is 1. The van der Waals surface area contributed by atoms with E-state index in [1.165, 1.54) is 26.2 Å². The van der Waals surface area contributed by atoms with Crippen molar-refractivity contribution < 1.29 is 9.53 Å². The van der Waals surface area contributed by atoms with Crippen LogP contribution in [0.1, 0.15) is 26.2 Å². The Kier molecular flexibility index (Phi) is 1.73. The molecule has 5 atom stereocenters. The number of allylic oxidation sites excluding steroid dienone is 2. The molecule has 0 aromatic rings. The van der Waals surface area contributed by atoms with Gasteiger partial charge in [0.25, 0.3) is 0 Å². The first-order chi connectivity index (χ1) is 6.75. The zero-order valence-corrected chi connectivity index (χ0v) is 8.48. The van der Waals surface area contributed by atoms with Gasteiger partial charge in [-0.25, -0.2) is 0 Å². The molecule has 1 unspecified atom stereocenters. The average Bonchev–Trinajstić information content (AvgIpc) is 2.58. The molecule has 0 N–H and O–H groups in total. The van der Waals surface area contributed by atoms with E-state index in [4.69, 9.17) is 4.74 Å². The fourth-order valence-corrected chi connectivity index (χ4v) is 3.70. The maximum absolute atomic E-state index is 11.0. The fourth-order valence-electron chi connectivity index (χ4n) is 3.70. The van der Waals surface area contributed by atoms with Crippen LogP contribution in [0.2, 0.25) is 0 Å². The summed E-state index contributed by atoms with van der Waals surface area (Å²) in [5, 5.41) is 0. The van der Waals surface area contributed by atoms with E-state index < -0.39 is 0 Å². The molecule has 0 spiro atoms. The zero-order chi connectivity index (χ0) is 9.71. The Morgan fingerprint density at radius 1 is 1.21 bits per heavy atom. The topological polar surface area (TPSA) is 26.3 Å². The first kappa shape index (κ1) is 8.51. The molecule has 2 heteroatoms. The minimum Gasteiger partial charge on any atom is -0.462 e. The van der Waals surface area contributed by atoms with Gasteiger partial charge in [0.2, 0.25) is 0 Å². The maximum atomic E-state index is 11.0. The smallest absolute Gasteiger partial charge is 0.302 e. The maximum Gasteiger partial charge on any atom is 0.302 e. The molecule has 3 aliphatic carbocycles. The largest absolute Gasteiger partial charge is 0.462 e. The van der Waals surface area contributed by atoms with Crippen molar-refractivity contribution in [3.8, 4) is 0 Å². The molecule has 0 amide bonds. The van der Waals surface area contributed by atoms with E-state index in [-0.39, 0.29) is 12.1 Å². The summed E-state index contributed by atoms with van der Waals surface area (Å²) in [6.45, 7) is 1.53. The van der Waals surface area contributed by atoms with Gasteiger partial charge in [0, 0.05) is 18.8 Å². The van der Waals surface area contributed by atoms with Crippen molar-refractivity contribution in [3.05, 3.63) is 12.2 Å². The Bertz CT molecular complexity index is 275. The highest BCUT2D eigenvalue weighted by Gasteiger charge is 2.51. The molecule has 0 aliphatic heterocycles. The summed E-state index contributed by atoms with van der Waals surface area (Å²) in [5.74, 6) is 2.54. The first-order valence-corrected chi connectivity index (χ1v) is 5.61. The molecule has 3 aliphatic rings. The molecule has 0 saturated heterocycles. The van der Waals surface area contributed by atoms with Gasteiger partial charge in [0.1, 0.15) is 6.10 Å². The van der Waals surface area contributed by atoms with Crippen molar-refractivity contribution in [2.24, 2.45) is 23.7 Å². The molecule has 0 radical (unpaired) electrons. The number of esters is 1. The van der Waals surface area contributed by atoms with Crippen LogP contribution in [0.25, 0.3) is 0 Å². The van der Waals surface area contributed by atoms with Crippen molar-refractivity contribution in [1.82, 2.24) is 0 Å². The average molecular weight is 192 g/mol. The predicted octanol–water partition coefficient (Wildman–Crippen LogP) is 2.15. The van der Waals surface area contributed by atoms with Crippen LogP contribution in [0.15, 0.2) is 12.2 Å². The molecule has 4 bridgehead atoms. The summed E-state index contributed by atoms with van der Waals surface area (Å²) < 4.78 is 5.48. The fraction of sp³-hybridized carbons (Fsp3) is 0.750. The van der Waals surface area contributed by atoms with E-state index in [1.54, 1.807) is 0 Å². The number of fused-ring (bicyclic) bond motifs is 6. The van der Waals surface area contributed by atoms with Gasteiger partial charge in [-0.1, -0.05) is 12.2 Å². The van der Waals surface area contributed by atoms with E-state index in [0.29, 0.717) is 23.7 Å². The number of ether oxygens (including phenoxy) is 1. The van der Waals surface area contributed by atoms with Gasteiger partial charge >= 0.3 is 5.97 Å². The molecular weight excluding hydrogens is 176 g/mol. The molecule has 0 heterocycles. The third-order valence-corrected chi connectivity index (χ3v) is 4.23. The van der Waals surface area contributed by atoms with Crippen molar-refractivity contribution in [1.29, 1.82) is 0 Å². The summed E-state index contributed by atoms with van der Waals surface area (Å²) >= 11 is 0. The van der Waals surface area contributed by atoms with Crippen LogP contribution in [0.4, 0.5) is 0 Å². The van der Waals surface area contributed by atoms with E-state index >= 15 is 0 Å². The van der Waals surface area contributed by atoms with Crippen LogP contribution < -0.4 is 0 Å². The minimum absolute atomic E-state index is 0.104. The predicted molar refractivity (Wildman–Crippen MR) is 52.5 cm³/mol. The van der Waals surface area contributed by atoms with Gasteiger partial charge in [0.05, 0.1) is 0 Å². The highest BCUT2D eigenvalue weighted by Crippen LogP contribution is 2.53. The lowest BCUT2D eigenvalue weighted by molar-refractivity contribution is -0.153. The molecule has 2 fully saturated rings. The lowest BCUT2D eigenvalue weighted by Crippen LogP contribution is -2.37. The lowest BCUT2D eigenvalue weighted by atomic mass is 9.76. The zero-order valence-electron chi connectivity index (χ0n) is 8.48. The van der Waals surface area contributed by atoms with Gasteiger partial charge in [0.15, 0.2) is 0 Å². The number of carbonyl (C=O) groups excluding carboxylic acids is 1. The van der Waals surface area contributed by atoms with Crippen molar-refractivity contribution in [2.45, 2.75) is 32.3 Å². The van der Waals surface area contributed by atoms with Crippen molar-refractivity contribution in [3.63, 3.8) is 0 Å². The van der Waals surface area contributed by atoms with Crippen LogP contribution in [0, 0.1) is 23.7 Å². The normalized spacial score (nSPS) is 48.2. The second kappa shape index (κ2) is 2.85. The van der Waals surface area contributed by atoms with Crippen LogP contribution >= 0.6 is 0 Å². The quantitative estimate of drug-likeness (QED) is 0.470. The van der Waals surface area contributed by atoms with Gasteiger partial charge in [-0.2, -0.15) is 0 Å². The lowest BCUT2D eigenvalue weighted by Gasteiger charge is -2.34. The molecule has 14 heavy (non-hydrogen) atoms. The number of hydrogen-bond acceptors (Lipinski definition) is 2. The molecule has 3 rings (SSSR count). The van der Waals surface area contributed by atoms with Crippen LogP contribution in [-0.4, -0.2) is 12.1 Å². The number of hydrogen-bond donors (Lipinski definition) is 0. The van der Waals surface area contributed by atoms with E-state index in [9.17, 15) is 4.79 Å². The van der Waals surface area contributed by atoms with Gasteiger partial charge < -0.3 is 4.74 Å². The summed E-state index contributed by atoms with van der Waals surface area (Å²) in [4.78, 5) is 11.0. The third-order valence-electron chi connectivity index (χ3n) is 4.23. The summed E-state index contributed by atoms with van der Waals surface area (Å²) in [5.41, 5.74) is 0. The summed E-state index contributed by atoms with van der Waals surface area (Å²) in [7, 11) is 0. The SMILES string of the molecule is CC(=O)OC1[C@H]2CC[C@@H]1[C@H]1C=C[C@@H]2C1. The monoisotopic (exact) mass is 192 g/mol. The summed E-state index contributed by atoms with van der Waals surface area (Å²) in [6.07, 6.45) is 8.76. The van der Waals surface area contributed by atoms with E-state index in [2.05, 4.69) is 12.2 Å². The van der Waals surface area contributed by atoms with Crippen molar-refractivity contribution in [2.75, 3.05) is 0 Å². The summed E-state index contributed by atoms with van der Waals surface area (Å²) in [6, 6.07) is 0. The Morgan fingerprint density at radius 2 is 1.79 bits per heavy atom. The van der Waals surface area contributed by atoms with Gasteiger partial charge in [-0.15, -0.1) is 0 Å². The van der Waals surface area contributed by atoms with Crippen LogP contribution in [-0.2, 0) is 9.53 Å². The highest BCUT2D eigenvalue weighted by molar-refractivity contribution is 5.66. The molecule has 2 nitrogen and oxygen atoms in total. The van der Waals surface area contributed by atoms with Crippen LogP contribution in [0.3, 0.4) is 0 Å². The van der Waals surface area contributed by atoms with Crippen molar-refractivity contribution >= 4 is 5.97 Å². The van der Waals surface area contributed by atoms with Gasteiger partial charge in [-0.3, -0.25) is 4.79 Å². The highest BCUT2D eigenvalue weighted by atomic mass is 16.5. The molecule has 0 aromatic heterocycles. The Morgan fingerprint density at radius 3 is 2.29 bits per heavy atom. The Balaban J connectivity index is 1.85. The van der Waals surface area contributed by atoms with E-state index in [1.807, 2.05) is 0 Å². The molecule has 76 valence electrons. The number of rotatable bonds is 1. The molecule has 2 saturated carbocycles. The molecule has 0 aromatic carbocycles. The Labute approximate surface area is 84.3 Å². The second-order valence-electron chi connectivity index (χ2n) is 4.93. The van der Waals surface area contributed by atoms with E-state index in [0.717, 1.165) is 0 Å². The Hall–Kier alpha value is -0.790. The molecular formula is C12H16O2. The first-order valence-electron chi connectivity index (χ1n) is 5.61. The second-order valence-corrected chi connectivity index (χ2v) is 4.93. The van der Waals surface area contributed by atoms with Crippen LogP contribution in [0.5, 0.6) is 0 Å². The standard InChI is InChI=1S/C12H16O2/c1-7(13)14-12-10-4-5-11(12)9-3-2-8(10)6-9/h2-3,8-12H,4-6H2,1H3/t8-,9+,10+,11-,12?. The minimum atomic E-state index is -0.104. The van der Waals surface area contributed by atoms with Gasteiger partial charge in [-0.05, 0) is 31.1 Å².